The summed E-state index contributed by atoms with van der Waals surface area (Å²) in [6, 6.07) is 10.7. The van der Waals surface area contributed by atoms with Gasteiger partial charge in [0.25, 0.3) is 10.0 Å². The number of sulfonamides is 1. The van der Waals surface area contributed by atoms with E-state index in [2.05, 4.69) is 64.2 Å². The number of hydrogen-bond acceptors (Lipinski definition) is 5. The SMILES string of the molecule is C=C(C)C1CCC2(NC(=O)CNS(=O)(=O)c3cccs3)CCC3(C)C(CCC4C5(C)CC=C(c6ccc(C(=O)O)cc6)C(C)(C)C5CCC43C)C12. The predicted octanol–water partition coefficient (Wildman–Crippen LogP) is 8.94. The molecule has 276 valence electrons. The van der Waals surface area contributed by atoms with E-state index in [0.717, 1.165) is 61.8 Å². The minimum Gasteiger partial charge on any atom is -0.478 e. The molecule has 0 aliphatic heterocycles. The molecule has 2 aromatic rings. The van der Waals surface area contributed by atoms with Crippen LogP contribution in [-0.4, -0.2) is 37.5 Å². The lowest BCUT2D eigenvalue weighted by molar-refractivity contribution is -0.219. The van der Waals surface area contributed by atoms with E-state index in [1.165, 1.54) is 24.0 Å². The molecule has 5 aliphatic carbocycles. The highest BCUT2D eigenvalue weighted by atomic mass is 32.2. The molecule has 4 fully saturated rings. The molecule has 1 aromatic heterocycles. The van der Waals surface area contributed by atoms with Gasteiger partial charge in [-0.3, -0.25) is 4.79 Å². The summed E-state index contributed by atoms with van der Waals surface area (Å²) in [5.74, 6) is 0.980. The van der Waals surface area contributed by atoms with Crippen molar-refractivity contribution in [3.8, 4) is 0 Å². The Bertz CT molecular complexity index is 1870. The summed E-state index contributed by atoms with van der Waals surface area (Å²) >= 11 is 1.15. The monoisotopic (exact) mass is 732 g/mol. The second-order valence-corrected chi connectivity index (χ2v) is 21.0. The standard InChI is InChI=1S/C42H56N2O5S2/c1-26(2)29-16-21-42(44-34(45)25-43-51(48,49)35-9-8-24-50-35)23-22-40(6)31(36(29)42)14-15-33-39(5)19-17-30(27-10-12-28(13-11-27)37(46)47)38(3,4)32(39)18-20-41(33,40)7/h8-13,17,24,29,31-33,36,43H,1,14-16,18-23,25H2,2-7H3,(H,44,45)(H,46,47). The van der Waals surface area contributed by atoms with Crippen molar-refractivity contribution in [3.63, 3.8) is 0 Å². The molecule has 1 amide bonds. The van der Waals surface area contributed by atoms with Crippen molar-refractivity contribution in [3.05, 3.63) is 71.1 Å². The Labute approximate surface area is 308 Å². The van der Waals surface area contributed by atoms with Crippen LogP contribution in [0.5, 0.6) is 0 Å². The van der Waals surface area contributed by atoms with Gasteiger partial charge in [0.1, 0.15) is 4.21 Å². The van der Waals surface area contributed by atoms with Gasteiger partial charge in [-0.15, -0.1) is 11.3 Å². The lowest BCUT2D eigenvalue weighted by Gasteiger charge is -2.72. The third kappa shape index (κ3) is 5.53. The number of carbonyl (C=O) groups excluding carboxylic acids is 1. The molecule has 7 nitrogen and oxygen atoms in total. The first-order valence-electron chi connectivity index (χ1n) is 18.9. The molecule has 3 N–H and O–H groups in total. The van der Waals surface area contributed by atoms with Crippen molar-refractivity contribution in [2.45, 2.75) is 109 Å². The fraction of sp³-hybridized carbons (Fsp3) is 0.619. The third-order valence-corrected chi connectivity index (χ3v) is 18.5. The summed E-state index contributed by atoms with van der Waals surface area (Å²) in [6.45, 7) is 19.0. The molecule has 4 saturated carbocycles. The van der Waals surface area contributed by atoms with E-state index in [9.17, 15) is 23.1 Å². The third-order valence-electron chi connectivity index (χ3n) is 15.7. The van der Waals surface area contributed by atoms with Gasteiger partial charge >= 0.3 is 5.97 Å². The van der Waals surface area contributed by atoms with E-state index >= 15 is 0 Å². The van der Waals surface area contributed by atoms with Gasteiger partial charge < -0.3 is 10.4 Å². The Kier molecular flexibility index (Phi) is 8.91. The van der Waals surface area contributed by atoms with Gasteiger partial charge in [0.05, 0.1) is 12.1 Å². The molecule has 1 heterocycles. The van der Waals surface area contributed by atoms with Gasteiger partial charge in [0.2, 0.25) is 5.91 Å². The quantitative estimate of drug-likeness (QED) is 0.235. The van der Waals surface area contributed by atoms with Crippen molar-refractivity contribution >= 4 is 38.8 Å². The predicted molar refractivity (Wildman–Crippen MR) is 204 cm³/mol. The number of carboxylic acid groups (broad SMARTS) is 1. The Morgan fingerprint density at radius 3 is 2.29 bits per heavy atom. The summed E-state index contributed by atoms with van der Waals surface area (Å²) in [5, 5.41) is 14.7. The number of carbonyl (C=O) groups is 2. The second-order valence-electron chi connectivity index (χ2n) is 18.1. The van der Waals surface area contributed by atoms with E-state index in [0.29, 0.717) is 29.2 Å². The number of nitrogens with one attached hydrogen (secondary N) is 2. The zero-order valence-electron chi connectivity index (χ0n) is 31.2. The van der Waals surface area contributed by atoms with Crippen LogP contribution in [0.2, 0.25) is 0 Å². The Morgan fingerprint density at radius 2 is 1.65 bits per heavy atom. The summed E-state index contributed by atoms with van der Waals surface area (Å²) in [4.78, 5) is 25.2. The Morgan fingerprint density at radius 1 is 0.922 bits per heavy atom. The second kappa shape index (κ2) is 12.4. The minimum atomic E-state index is -3.73. The lowest BCUT2D eigenvalue weighted by atomic mass is 9.33. The van der Waals surface area contributed by atoms with Crippen LogP contribution in [0.15, 0.2) is 64.2 Å². The van der Waals surface area contributed by atoms with E-state index in [1.54, 1.807) is 29.6 Å². The zero-order valence-corrected chi connectivity index (χ0v) is 32.8. The number of rotatable bonds is 8. The van der Waals surface area contributed by atoms with E-state index in [4.69, 9.17) is 0 Å². The van der Waals surface area contributed by atoms with E-state index in [-0.39, 0.29) is 49.8 Å². The molecule has 0 spiro atoms. The number of amides is 1. The fourth-order valence-corrected chi connectivity index (χ4v) is 15.2. The molecule has 0 bridgehead atoms. The number of fused-ring (bicyclic) bond motifs is 7. The van der Waals surface area contributed by atoms with Crippen LogP contribution in [0.1, 0.15) is 115 Å². The van der Waals surface area contributed by atoms with Gasteiger partial charge in [-0.05, 0) is 151 Å². The van der Waals surface area contributed by atoms with Crippen LogP contribution >= 0.6 is 11.3 Å². The van der Waals surface area contributed by atoms with Crippen molar-refractivity contribution < 1.29 is 23.1 Å². The van der Waals surface area contributed by atoms with E-state index < -0.39 is 16.0 Å². The molecule has 9 atom stereocenters. The fourth-order valence-electron chi connectivity index (χ4n) is 13.2. The topological polar surface area (TPSA) is 113 Å². The molecule has 0 radical (unpaired) electrons. The molecule has 0 saturated heterocycles. The first-order chi connectivity index (χ1) is 23.9. The maximum absolute atomic E-state index is 13.6. The van der Waals surface area contributed by atoms with Gasteiger partial charge in [-0.1, -0.05) is 71.0 Å². The summed E-state index contributed by atoms with van der Waals surface area (Å²) in [5.41, 5.74) is 3.97. The maximum atomic E-state index is 13.6. The minimum absolute atomic E-state index is 0.0512. The van der Waals surface area contributed by atoms with Gasteiger partial charge in [0, 0.05) is 5.54 Å². The number of hydrogen-bond donors (Lipinski definition) is 3. The molecular formula is C42H56N2O5S2. The number of benzene rings is 1. The highest BCUT2D eigenvalue weighted by molar-refractivity contribution is 7.91. The first-order valence-corrected chi connectivity index (χ1v) is 21.3. The molecule has 9 heteroatoms. The Balaban J connectivity index is 1.16. The van der Waals surface area contributed by atoms with Crippen LogP contribution < -0.4 is 10.0 Å². The first kappa shape index (κ1) is 36.6. The highest BCUT2D eigenvalue weighted by Crippen LogP contribution is 2.76. The number of thiophene rings is 1. The lowest BCUT2D eigenvalue weighted by Crippen LogP contribution is -2.68. The van der Waals surface area contributed by atoms with Crippen molar-refractivity contribution in [2.24, 2.45) is 51.2 Å². The number of aromatic carboxylic acids is 1. The van der Waals surface area contributed by atoms with Crippen LogP contribution in [-0.2, 0) is 14.8 Å². The van der Waals surface area contributed by atoms with Crippen LogP contribution in [0, 0.1) is 51.2 Å². The number of allylic oxidation sites excluding steroid dienone is 3. The van der Waals surface area contributed by atoms with Gasteiger partial charge in [-0.2, -0.15) is 0 Å². The average molecular weight is 733 g/mol. The van der Waals surface area contributed by atoms with Gasteiger partial charge in [-0.25, -0.2) is 17.9 Å². The molecule has 1 aromatic carbocycles. The van der Waals surface area contributed by atoms with Crippen molar-refractivity contribution in [1.82, 2.24) is 10.0 Å². The molecule has 5 aliphatic rings. The van der Waals surface area contributed by atoms with Crippen molar-refractivity contribution in [1.29, 1.82) is 0 Å². The maximum Gasteiger partial charge on any atom is 0.335 e. The normalized spacial score (nSPS) is 38.3. The summed E-state index contributed by atoms with van der Waals surface area (Å²) in [6.07, 6.45) is 12.0. The van der Waals surface area contributed by atoms with Crippen LogP contribution in [0.3, 0.4) is 0 Å². The highest BCUT2D eigenvalue weighted by Gasteiger charge is 2.70. The number of carboxylic acids is 1. The molecule has 9 unspecified atom stereocenters. The van der Waals surface area contributed by atoms with Crippen LogP contribution in [0.4, 0.5) is 0 Å². The van der Waals surface area contributed by atoms with Gasteiger partial charge in [0.15, 0.2) is 0 Å². The average Bonchev–Trinajstić information content (AvgIpc) is 3.74. The van der Waals surface area contributed by atoms with E-state index in [1.807, 2.05) is 12.1 Å². The Hall–Kier alpha value is -2.75. The van der Waals surface area contributed by atoms with Crippen LogP contribution in [0.25, 0.3) is 5.57 Å². The summed E-state index contributed by atoms with van der Waals surface area (Å²) < 4.78 is 28.4. The molecule has 51 heavy (non-hydrogen) atoms. The van der Waals surface area contributed by atoms with Crippen molar-refractivity contribution in [2.75, 3.05) is 6.54 Å². The molecular weight excluding hydrogens is 677 g/mol. The smallest absolute Gasteiger partial charge is 0.335 e. The molecule has 7 rings (SSSR count). The zero-order chi connectivity index (χ0) is 36.8. The largest absolute Gasteiger partial charge is 0.478 e. The summed E-state index contributed by atoms with van der Waals surface area (Å²) in [7, 11) is -3.73.